The first-order valence-electron chi connectivity index (χ1n) is 10.9. The molecule has 5 rings (SSSR count). The standard InChI is InChI=1S/C25H23N3O5S/c29-25(26-12-11-18-16-27-22-4-2-1-3-21(18)22)17-5-7-19(8-6-17)28-34(30,31)20-9-10-23-24(15-20)33-14-13-32-23/h1-10,15-16,27-28H,11-14H2,(H,26,29). The smallest absolute Gasteiger partial charge is 0.262 e. The largest absolute Gasteiger partial charge is 0.486 e. The highest BCUT2D eigenvalue weighted by atomic mass is 32.2. The second kappa shape index (κ2) is 9.11. The Labute approximate surface area is 197 Å². The van der Waals surface area contributed by atoms with E-state index in [4.69, 9.17) is 9.47 Å². The van der Waals surface area contributed by atoms with Crippen LogP contribution >= 0.6 is 0 Å². The summed E-state index contributed by atoms with van der Waals surface area (Å²) in [5.41, 5.74) is 3.00. The minimum absolute atomic E-state index is 0.0656. The van der Waals surface area contributed by atoms with E-state index in [9.17, 15) is 13.2 Å². The number of ether oxygens (including phenoxy) is 2. The van der Waals surface area contributed by atoms with E-state index in [-0.39, 0.29) is 10.8 Å². The molecule has 4 aromatic rings. The van der Waals surface area contributed by atoms with Crippen LogP contribution < -0.4 is 19.5 Å². The number of rotatable bonds is 7. The Kier molecular flexibility index (Phi) is 5.85. The summed E-state index contributed by atoms with van der Waals surface area (Å²) in [7, 11) is -3.83. The van der Waals surface area contributed by atoms with Gasteiger partial charge >= 0.3 is 0 Å². The van der Waals surface area contributed by atoms with Crippen molar-refractivity contribution in [2.45, 2.75) is 11.3 Å². The van der Waals surface area contributed by atoms with Crippen molar-refractivity contribution in [3.05, 3.63) is 84.1 Å². The van der Waals surface area contributed by atoms with Gasteiger partial charge in [0.25, 0.3) is 15.9 Å². The van der Waals surface area contributed by atoms with Crippen molar-refractivity contribution in [2.24, 2.45) is 0 Å². The van der Waals surface area contributed by atoms with Crippen LogP contribution in [0.1, 0.15) is 15.9 Å². The zero-order chi connectivity index (χ0) is 23.5. The highest BCUT2D eigenvalue weighted by Gasteiger charge is 2.19. The van der Waals surface area contributed by atoms with Crippen molar-refractivity contribution >= 4 is 32.5 Å². The molecular formula is C25H23N3O5S. The number of anilines is 1. The maximum absolute atomic E-state index is 12.8. The molecule has 3 aromatic carbocycles. The van der Waals surface area contributed by atoms with E-state index in [1.165, 1.54) is 12.1 Å². The van der Waals surface area contributed by atoms with Crippen LogP contribution in [0, 0.1) is 0 Å². The lowest BCUT2D eigenvalue weighted by Crippen LogP contribution is -2.25. The van der Waals surface area contributed by atoms with Gasteiger partial charge in [0.2, 0.25) is 0 Å². The van der Waals surface area contributed by atoms with Gasteiger partial charge in [-0.05, 0) is 54.4 Å². The van der Waals surface area contributed by atoms with Gasteiger partial charge in [0.05, 0.1) is 4.90 Å². The molecule has 0 fully saturated rings. The minimum atomic E-state index is -3.83. The van der Waals surface area contributed by atoms with E-state index in [0.29, 0.717) is 48.9 Å². The predicted molar refractivity (Wildman–Crippen MR) is 129 cm³/mol. The molecule has 0 saturated heterocycles. The van der Waals surface area contributed by atoms with Crippen LogP contribution in [-0.2, 0) is 16.4 Å². The lowest BCUT2D eigenvalue weighted by atomic mass is 10.1. The van der Waals surface area contributed by atoms with E-state index >= 15 is 0 Å². The molecule has 3 N–H and O–H groups in total. The Bertz CT molecular complexity index is 1450. The zero-order valence-corrected chi connectivity index (χ0v) is 19.0. The quantitative estimate of drug-likeness (QED) is 0.376. The van der Waals surface area contributed by atoms with Crippen molar-refractivity contribution in [1.82, 2.24) is 10.3 Å². The second-order valence-corrected chi connectivity index (χ2v) is 9.54. The molecule has 0 atom stereocenters. The van der Waals surface area contributed by atoms with E-state index in [1.807, 2.05) is 30.5 Å². The van der Waals surface area contributed by atoms with Crippen LogP contribution in [-0.4, -0.2) is 39.1 Å². The molecule has 8 nitrogen and oxygen atoms in total. The predicted octanol–water partition coefficient (Wildman–Crippen LogP) is 3.71. The monoisotopic (exact) mass is 477 g/mol. The highest BCUT2D eigenvalue weighted by Crippen LogP contribution is 2.32. The SMILES string of the molecule is O=C(NCCc1c[nH]c2ccccc12)c1ccc(NS(=O)(=O)c2ccc3c(c2)OCCO3)cc1. The molecular weight excluding hydrogens is 454 g/mol. The van der Waals surface area contributed by atoms with E-state index in [0.717, 1.165) is 16.5 Å². The lowest BCUT2D eigenvalue weighted by Gasteiger charge is -2.19. The number of hydrogen-bond acceptors (Lipinski definition) is 5. The molecule has 0 saturated carbocycles. The van der Waals surface area contributed by atoms with Crippen molar-refractivity contribution in [3.63, 3.8) is 0 Å². The Morgan fingerprint density at radius 2 is 1.71 bits per heavy atom. The fraction of sp³-hybridized carbons (Fsp3) is 0.160. The lowest BCUT2D eigenvalue weighted by molar-refractivity contribution is 0.0954. The van der Waals surface area contributed by atoms with Gasteiger partial charge in [-0.25, -0.2) is 8.42 Å². The van der Waals surface area contributed by atoms with Gasteiger partial charge < -0.3 is 19.8 Å². The second-order valence-electron chi connectivity index (χ2n) is 7.85. The van der Waals surface area contributed by atoms with Gasteiger partial charge in [-0.3, -0.25) is 9.52 Å². The summed E-state index contributed by atoms with van der Waals surface area (Å²) in [6, 6.07) is 18.8. The maximum Gasteiger partial charge on any atom is 0.262 e. The maximum atomic E-state index is 12.8. The van der Waals surface area contributed by atoms with Gasteiger partial charge in [-0.1, -0.05) is 18.2 Å². The first kappa shape index (κ1) is 21.8. The molecule has 1 aromatic heterocycles. The minimum Gasteiger partial charge on any atom is -0.486 e. The van der Waals surface area contributed by atoms with Crippen molar-refractivity contribution in [2.75, 3.05) is 24.5 Å². The molecule has 0 radical (unpaired) electrons. The summed E-state index contributed by atoms with van der Waals surface area (Å²) in [5, 5.41) is 4.05. The Morgan fingerprint density at radius 1 is 0.941 bits per heavy atom. The number of H-pyrrole nitrogens is 1. The molecule has 174 valence electrons. The van der Waals surface area contributed by atoms with Crippen LogP contribution in [0.3, 0.4) is 0 Å². The normalized spacial score (nSPS) is 12.9. The van der Waals surface area contributed by atoms with Crippen molar-refractivity contribution in [3.8, 4) is 11.5 Å². The first-order valence-corrected chi connectivity index (χ1v) is 12.3. The van der Waals surface area contributed by atoms with E-state index in [1.54, 1.807) is 30.3 Å². The van der Waals surface area contributed by atoms with Crippen LogP contribution in [0.15, 0.2) is 77.8 Å². The number of nitrogens with one attached hydrogen (secondary N) is 3. The van der Waals surface area contributed by atoms with Gasteiger partial charge in [0.1, 0.15) is 13.2 Å². The number of carbonyl (C=O) groups excluding carboxylic acids is 1. The van der Waals surface area contributed by atoms with Crippen molar-refractivity contribution < 1.29 is 22.7 Å². The van der Waals surface area contributed by atoms with Crippen LogP contribution in [0.5, 0.6) is 11.5 Å². The molecule has 34 heavy (non-hydrogen) atoms. The third-order valence-corrected chi connectivity index (χ3v) is 6.96. The Hall–Kier alpha value is -3.98. The average molecular weight is 478 g/mol. The molecule has 0 aliphatic carbocycles. The van der Waals surface area contributed by atoms with Crippen LogP contribution in [0.2, 0.25) is 0 Å². The molecule has 9 heteroatoms. The number of benzene rings is 3. The zero-order valence-electron chi connectivity index (χ0n) is 18.2. The number of aromatic amines is 1. The molecule has 0 bridgehead atoms. The van der Waals surface area contributed by atoms with E-state index < -0.39 is 10.0 Å². The summed E-state index contributed by atoms with van der Waals surface area (Å²) in [5.74, 6) is 0.695. The average Bonchev–Trinajstić information content (AvgIpc) is 3.27. The molecule has 0 spiro atoms. The van der Waals surface area contributed by atoms with Crippen LogP contribution in [0.4, 0.5) is 5.69 Å². The third kappa shape index (κ3) is 4.55. The summed E-state index contributed by atoms with van der Waals surface area (Å²) in [4.78, 5) is 15.8. The van der Waals surface area contributed by atoms with Gasteiger partial charge in [0.15, 0.2) is 11.5 Å². The Morgan fingerprint density at radius 3 is 2.53 bits per heavy atom. The summed E-state index contributed by atoms with van der Waals surface area (Å²) in [6.45, 7) is 1.29. The third-order valence-electron chi connectivity index (χ3n) is 5.58. The molecule has 1 amide bonds. The van der Waals surface area contributed by atoms with Crippen LogP contribution in [0.25, 0.3) is 10.9 Å². The topological polar surface area (TPSA) is 110 Å². The number of para-hydroxylation sites is 1. The number of amides is 1. The molecule has 1 aliphatic rings. The fourth-order valence-electron chi connectivity index (χ4n) is 3.85. The molecule has 1 aliphatic heterocycles. The molecule has 0 unspecified atom stereocenters. The summed E-state index contributed by atoms with van der Waals surface area (Å²) < 4.78 is 39.0. The number of hydrogen-bond donors (Lipinski definition) is 3. The summed E-state index contributed by atoms with van der Waals surface area (Å²) >= 11 is 0. The van der Waals surface area contributed by atoms with Gasteiger partial charge in [-0.2, -0.15) is 0 Å². The fourth-order valence-corrected chi connectivity index (χ4v) is 4.92. The van der Waals surface area contributed by atoms with E-state index in [2.05, 4.69) is 15.0 Å². The van der Waals surface area contributed by atoms with Gasteiger partial charge in [-0.15, -0.1) is 0 Å². The summed E-state index contributed by atoms with van der Waals surface area (Å²) in [6.07, 6.45) is 2.66. The number of sulfonamides is 1. The Balaban J connectivity index is 1.19. The van der Waals surface area contributed by atoms with Gasteiger partial charge in [0, 0.05) is 41.0 Å². The number of aromatic nitrogens is 1. The van der Waals surface area contributed by atoms with Crippen molar-refractivity contribution in [1.29, 1.82) is 0 Å². The molecule has 2 heterocycles. The number of fused-ring (bicyclic) bond motifs is 2. The first-order chi connectivity index (χ1) is 16.5. The number of carbonyl (C=O) groups is 1. The highest BCUT2D eigenvalue weighted by molar-refractivity contribution is 7.92.